The van der Waals surface area contributed by atoms with Crippen molar-refractivity contribution in [2.24, 2.45) is 0 Å². The maximum absolute atomic E-state index is 6.13. The monoisotopic (exact) mass is 404 g/mol. The second-order valence-electron chi connectivity index (χ2n) is 7.40. The van der Waals surface area contributed by atoms with E-state index in [1.807, 2.05) is 23.5 Å². The minimum Gasteiger partial charge on any atom is -0.300 e. The highest BCUT2D eigenvalue weighted by Crippen LogP contribution is 2.52. The molecular formula is C21H22Cl2N2S. The molecule has 136 valence electrons. The van der Waals surface area contributed by atoms with Crippen LogP contribution in [0.15, 0.2) is 48.5 Å². The van der Waals surface area contributed by atoms with E-state index in [0.29, 0.717) is 23.9 Å². The first kappa shape index (κ1) is 18.2. The summed E-state index contributed by atoms with van der Waals surface area (Å²) in [5.74, 6) is 1.01. The van der Waals surface area contributed by atoms with Crippen LogP contribution >= 0.6 is 35.3 Å². The van der Waals surface area contributed by atoms with E-state index in [1.54, 1.807) is 0 Å². The van der Waals surface area contributed by atoms with Crippen molar-refractivity contribution >= 4 is 45.6 Å². The molecule has 0 amide bonds. The normalized spacial score (nSPS) is 28.2. The predicted octanol–water partition coefficient (Wildman–Crippen LogP) is 6.11. The number of rotatable bonds is 2. The Labute approximate surface area is 169 Å². The van der Waals surface area contributed by atoms with Gasteiger partial charge in [0.2, 0.25) is 0 Å². The van der Waals surface area contributed by atoms with Gasteiger partial charge < -0.3 is 0 Å². The molecule has 2 aliphatic heterocycles. The molecule has 2 saturated heterocycles. The van der Waals surface area contributed by atoms with Crippen LogP contribution in [0.3, 0.4) is 0 Å². The van der Waals surface area contributed by atoms with Crippen molar-refractivity contribution in [2.75, 3.05) is 7.05 Å². The fourth-order valence-electron chi connectivity index (χ4n) is 4.89. The lowest BCUT2D eigenvalue weighted by atomic mass is 9.76. The summed E-state index contributed by atoms with van der Waals surface area (Å²) in [7, 11) is 2.31. The van der Waals surface area contributed by atoms with Crippen LogP contribution in [0.2, 0.25) is 5.02 Å². The van der Waals surface area contributed by atoms with Crippen molar-refractivity contribution in [3.8, 4) is 0 Å². The van der Waals surface area contributed by atoms with Gasteiger partial charge in [-0.15, -0.1) is 23.7 Å². The number of hydrogen-bond donors (Lipinski definition) is 0. The molecule has 5 rings (SSSR count). The number of aromatic nitrogens is 1. The van der Waals surface area contributed by atoms with Gasteiger partial charge >= 0.3 is 0 Å². The Morgan fingerprint density at radius 1 is 1.08 bits per heavy atom. The minimum atomic E-state index is 0. The second kappa shape index (κ2) is 7.12. The number of hydrogen-bond acceptors (Lipinski definition) is 3. The van der Waals surface area contributed by atoms with Crippen LogP contribution in [0.4, 0.5) is 0 Å². The lowest BCUT2D eigenvalue weighted by Crippen LogP contribution is -2.44. The lowest BCUT2D eigenvalue weighted by Gasteiger charge is -2.42. The standard InChI is InChI=1S/C21H21ClN2S.ClH/c1-24-15-10-11-18(24)20(16(12-15)13-6-8-14(22)9-7-13)21-23-17-4-2-3-5-19(17)25-21;/h2-9,15-16,18,20H,10-12H2,1H3;1H. The summed E-state index contributed by atoms with van der Waals surface area (Å²) in [6.07, 6.45) is 3.81. The van der Waals surface area contributed by atoms with Crippen LogP contribution in [-0.4, -0.2) is 29.0 Å². The van der Waals surface area contributed by atoms with E-state index in [-0.39, 0.29) is 12.4 Å². The van der Waals surface area contributed by atoms with Crippen LogP contribution in [0.25, 0.3) is 10.2 Å². The molecule has 2 aromatic carbocycles. The van der Waals surface area contributed by atoms with Crippen LogP contribution < -0.4 is 0 Å². The van der Waals surface area contributed by atoms with Crippen molar-refractivity contribution in [1.82, 2.24) is 9.88 Å². The molecule has 4 atom stereocenters. The summed E-state index contributed by atoms with van der Waals surface area (Å²) in [5, 5.41) is 2.12. The fourth-order valence-corrected chi connectivity index (χ4v) is 6.21. The molecule has 4 unspecified atom stereocenters. The van der Waals surface area contributed by atoms with E-state index in [0.717, 1.165) is 10.5 Å². The largest absolute Gasteiger partial charge is 0.300 e. The molecule has 2 aliphatic rings. The molecule has 2 fully saturated rings. The Morgan fingerprint density at radius 3 is 2.62 bits per heavy atom. The number of benzene rings is 2. The maximum atomic E-state index is 6.13. The van der Waals surface area contributed by atoms with E-state index < -0.39 is 0 Å². The first-order valence-electron chi connectivity index (χ1n) is 9.03. The number of nitrogens with zero attached hydrogens (tertiary/aromatic N) is 2. The smallest absolute Gasteiger partial charge is 0.0991 e. The Balaban J connectivity index is 0.00000168. The summed E-state index contributed by atoms with van der Waals surface area (Å²) in [4.78, 5) is 7.66. The molecule has 1 aromatic heterocycles. The van der Waals surface area contributed by atoms with Crippen molar-refractivity contribution in [3.05, 3.63) is 64.1 Å². The van der Waals surface area contributed by atoms with Gasteiger partial charge in [0.1, 0.15) is 0 Å². The highest BCUT2D eigenvalue weighted by molar-refractivity contribution is 7.18. The van der Waals surface area contributed by atoms with Crippen LogP contribution in [0.1, 0.15) is 41.7 Å². The predicted molar refractivity (Wildman–Crippen MR) is 113 cm³/mol. The number of fused-ring (bicyclic) bond motifs is 3. The van der Waals surface area contributed by atoms with Gasteiger partial charge in [0.05, 0.1) is 15.2 Å². The van der Waals surface area contributed by atoms with Crippen LogP contribution in [0, 0.1) is 0 Å². The van der Waals surface area contributed by atoms with Crippen LogP contribution in [-0.2, 0) is 0 Å². The van der Waals surface area contributed by atoms with E-state index in [1.165, 1.54) is 34.5 Å². The van der Waals surface area contributed by atoms with Gasteiger partial charge in [0, 0.05) is 23.0 Å². The molecule has 3 aromatic rings. The quantitative estimate of drug-likeness (QED) is 0.512. The Kier molecular flexibility index (Phi) is 5.00. The number of para-hydroxylation sites is 1. The Morgan fingerprint density at radius 2 is 1.85 bits per heavy atom. The van der Waals surface area contributed by atoms with Crippen molar-refractivity contribution in [3.63, 3.8) is 0 Å². The zero-order valence-corrected chi connectivity index (χ0v) is 17.0. The van der Waals surface area contributed by atoms with E-state index in [2.05, 4.69) is 48.3 Å². The summed E-state index contributed by atoms with van der Waals surface area (Å²) >= 11 is 8.01. The van der Waals surface area contributed by atoms with Gasteiger partial charge in [0.25, 0.3) is 0 Å². The Bertz CT molecular complexity index is 875. The molecule has 5 heteroatoms. The summed E-state index contributed by atoms with van der Waals surface area (Å²) < 4.78 is 1.30. The lowest BCUT2D eigenvalue weighted by molar-refractivity contribution is 0.137. The molecule has 2 bridgehead atoms. The molecule has 0 radical (unpaired) electrons. The average Bonchev–Trinajstić information content (AvgIpc) is 3.14. The van der Waals surface area contributed by atoms with Gasteiger partial charge in [-0.2, -0.15) is 0 Å². The second-order valence-corrected chi connectivity index (χ2v) is 8.90. The van der Waals surface area contributed by atoms with Gasteiger partial charge in [-0.05, 0) is 62.1 Å². The number of piperidine rings is 1. The highest BCUT2D eigenvalue weighted by Gasteiger charge is 2.47. The number of thiazole rings is 1. The Hall–Kier alpha value is -1.13. The maximum Gasteiger partial charge on any atom is 0.0991 e. The number of halogens is 2. The van der Waals surface area contributed by atoms with Gasteiger partial charge in [0.15, 0.2) is 0 Å². The van der Waals surface area contributed by atoms with Crippen LogP contribution in [0.5, 0.6) is 0 Å². The van der Waals surface area contributed by atoms with E-state index in [9.17, 15) is 0 Å². The number of likely N-dealkylation sites (N-methyl/N-ethyl adjacent to an activating group) is 1. The summed E-state index contributed by atoms with van der Waals surface area (Å²) in [5.41, 5.74) is 2.55. The summed E-state index contributed by atoms with van der Waals surface area (Å²) in [6.45, 7) is 0. The fraction of sp³-hybridized carbons (Fsp3) is 0.381. The topological polar surface area (TPSA) is 16.1 Å². The minimum absolute atomic E-state index is 0. The van der Waals surface area contributed by atoms with Crippen molar-refractivity contribution in [1.29, 1.82) is 0 Å². The zero-order valence-electron chi connectivity index (χ0n) is 14.6. The SMILES string of the molecule is CN1C2CCC1C(c1nc3ccccc3s1)C(c1ccc(Cl)cc1)C2.Cl. The zero-order chi connectivity index (χ0) is 17.0. The summed E-state index contributed by atoms with van der Waals surface area (Å²) in [6, 6.07) is 18.3. The molecule has 0 spiro atoms. The van der Waals surface area contributed by atoms with Gasteiger partial charge in [-0.3, -0.25) is 4.90 Å². The van der Waals surface area contributed by atoms with Gasteiger partial charge in [-0.1, -0.05) is 35.9 Å². The first-order valence-corrected chi connectivity index (χ1v) is 10.2. The first-order chi connectivity index (χ1) is 12.2. The van der Waals surface area contributed by atoms with Gasteiger partial charge in [-0.25, -0.2) is 4.98 Å². The molecule has 2 nitrogen and oxygen atoms in total. The highest BCUT2D eigenvalue weighted by atomic mass is 35.5. The third-order valence-corrected chi connectivity index (χ3v) is 7.55. The van der Waals surface area contributed by atoms with E-state index >= 15 is 0 Å². The molecule has 0 saturated carbocycles. The molecule has 26 heavy (non-hydrogen) atoms. The molecular weight excluding hydrogens is 383 g/mol. The molecule has 0 N–H and O–H groups in total. The third-order valence-electron chi connectivity index (χ3n) is 6.16. The van der Waals surface area contributed by atoms with E-state index in [4.69, 9.17) is 16.6 Å². The third kappa shape index (κ3) is 2.95. The van der Waals surface area contributed by atoms with Crippen molar-refractivity contribution < 1.29 is 0 Å². The molecule has 3 heterocycles. The van der Waals surface area contributed by atoms with Crippen molar-refractivity contribution in [2.45, 2.75) is 43.2 Å². The molecule has 0 aliphatic carbocycles. The average molecular weight is 405 g/mol.